The standard InChI is InChI=1S/C12H21BrN2O2S3/c1-5-14-7-10-6-11(12(13)19-10)20(16,17)15(3)9(2)8-18-4/h6,9,14H,5,7-8H2,1-4H3. The van der Waals surface area contributed by atoms with Crippen LogP contribution in [0.3, 0.4) is 0 Å². The Morgan fingerprint density at radius 1 is 1.55 bits per heavy atom. The predicted octanol–water partition coefficient (Wildman–Crippen LogP) is 2.99. The Bertz CT molecular complexity index is 531. The van der Waals surface area contributed by atoms with Crippen molar-refractivity contribution in [2.45, 2.75) is 31.3 Å². The van der Waals surface area contributed by atoms with Gasteiger partial charge in [0.1, 0.15) is 4.90 Å². The molecule has 20 heavy (non-hydrogen) atoms. The first-order valence-corrected chi connectivity index (χ1v) is 10.7. The fourth-order valence-corrected chi connectivity index (χ4v) is 6.41. The van der Waals surface area contributed by atoms with E-state index in [2.05, 4.69) is 21.2 Å². The highest BCUT2D eigenvalue weighted by Gasteiger charge is 2.28. The molecule has 0 aliphatic rings. The second-order valence-corrected chi connectivity index (χ2v) is 9.79. The lowest BCUT2D eigenvalue weighted by molar-refractivity contribution is 0.415. The van der Waals surface area contributed by atoms with Gasteiger partial charge in [-0.2, -0.15) is 16.1 Å². The molecule has 0 amide bonds. The Kier molecular flexibility index (Phi) is 7.51. The van der Waals surface area contributed by atoms with Crippen LogP contribution < -0.4 is 5.32 Å². The zero-order chi connectivity index (χ0) is 15.3. The maximum Gasteiger partial charge on any atom is 0.245 e. The van der Waals surface area contributed by atoms with Gasteiger partial charge < -0.3 is 5.32 Å². The van der Waals surface area contributed by atoms with Crippen LogP contribution in [0.2, 0.25) is 0 Å². The van der Waals surface area contributed by atoms with Gasteiger partial charge in [-0.1, -0.05) is 6.92 Å². The molecule has 0 aromatic carbocycles. The average Bonchev–Trinajstić information content (AvgIpc) is 2.77. The molecule has 1 aromatic rings. The number of thioether (sulfide) groups is 1. The van der Waals surface area contributed by atoms with Gasteiger partial charge in [0.25, 0.3) is 0 Å². The van der Waals surface area contributed by atoms with Crippen molar-refractivity contribution in [3.05, 3.63) is 14.7 Å². The molecule has 0 saturated heterocycles. The zero-order valence-corrected chi connectivity index (χ0v) is 16.2. The number of thiophene rings is 1. The molecule has 0 spiro atoms. The number of rotatable bonds is 8. The third kappa shape index (κ3) is 4.45. The summed E-state index contributed by atoms with van der Waals surface area (Å²) in [4.78, 5) is 1.38. The lowest BCUT2D eigenvalue weighted by Gasteiger charge is -2.23. The van der Waals surface area contributed by atoms with Gasteiger partial charge in [-0.05, 0) is 41.7 Å². The van der Waals surface area contributed by atoms with E-state index in [1.165, 1.54) is 15.6 Å². The summed E-state index contributed by atoms with van der Waals surface area (Å²) in [5.74, 6) is 0.779. The molecule has 0 saturated carbocycles. The van der Waals surface area contributed by atoms with Crippen molar-refractivity contribution in [2.75, 3.05) is 25.6 Å². The van der Waals surface area contributed by atoms with Crippen LogP contribution in [0.15, 0.2) is 14.7 Å². The van der Waals surface area contributed by atoms with Gasteiger partial charge in [-0.25, -0.2) is 8.42 Å². The van der Waals surface area contributed by atoms with E-state index in [-0.39, 0.29) is 6.04 Å². The smallest absolute Gasteiger partial charge is 0.245 e. The van der Waals surface area contributed by atoms with E-state index in [1.54, 1.807) is 24.9 Å². The van der Waals surface area contributed by atoms with E-state index in [4.69, 9.17) is 0 Å². The van der Waals surface area contributed by atoms with Crippen molar-refractivity contribution >= 4 is 49.1 Å². The first-order chi connectivity index (χ1) is 9.34. The van der Waals surface area contributed by atoms with Crippen LogP contribution in [0, 0.1) is 0 Å². The van der Waals surface area contributed by atoms with Crippen LogP contribution in [-0.2, 0) is 16.6 Å². The molecular weight excluding hydrogens is 380 g/mol. The Labute approximate surface area is 138 Å². The Hall–Kier alpha value is 0.400. The molecule has 1 atom stereocenters. The summed E-state index contributed by atoms with van der Waals surface area (Å²) < 4.78 is 27.4. The number of nitrogens with one attached hydrogen (secondary N) is 1. The van der Waals surface area contributed by atoms with Gasteiger partial charge in [0.15, 0.2) is 0 Å². The summed E-state index contributed by atoms with van der Waals surface area (Å²) >= 11 is 6.49. The molecule has 0 bridgehead atoms. The van der Waals surface area contributed by atoms with Gasteiger partial charge in [0.2, 0.25) is 10.0 Å². The van der Waals surface area contributed by atoms with Gasteiger partial charge in [0, 0.05) is 30.3 Å². The maximum absolute atomic E-state index is 12.6. The molecule has 116 valence electrons. The molecule has 4 nitrogen and oxygen atoms in total. The zero-order valence-electron chi connectivity index (χ0n) is 12.1. The molecule has 1 heterocycles. The van der Waals surface area contributed by atoms with Crippen LogP contribution in [0.25, 0.3) is 0 Å². The van der Waals surface area contributed by atoms with E-state index < -0.39 is 10.0 Å². The number of hydrogen-bond acceptors (Lipinski definition) is 5. The summed E-state index contributed by atoms with van der Waals surface area (Å²) in [5, 5.41) is 3.21. The fraction of sp³-hybridized carbons (Fsp3) is 0.667. The third-order valence-electron chi connectivity index (χ3n) is 2.94. The SMILES string of the molecule is CCNCc1cc(S(=O)(=O)N(C)C(C)CSC)c(Br)s1. The number of halogens is 1. The normalized spacial score (nSPS) is 13.9. The van der Waals surface area contributed by atoms with Crippen molar-refractivity contribution in [3.8, 4) is 0 Å². The molecule has 8 heteroatoms. The third-order valence-corrected chi connectivity index (χ3v) is 7.98. The Balaban J connectivity index is 3.00. The molecule has 1 N–H and O–H groups in total. The minimum atomic E-state index is -3.44. The summed E-state index contributed by atoms with van der Waals surface area (Å²) in [5.41, 5.74) is 0. The summed E-state index contributed by atoms with van der Waals surface area (Å²) in [7, 11) is -1.80. The van der Waals surface area contributed by atoms with Crippen LogP contribution in [0.4, 0.5) is 0 Å². The summed E-state index contributed by atoms with van der Waals surface area (Å²) in [6, 6.07) is 1.73. The fourth-order valence-electron chi connectivity index (χ4n) is 1.65. The van der Waals surface area contributed by atoms with Crippen LogP contribution >= 0.6 is 39.0 Å². The van der Waals surface area contributed by atoms with Crippen molar-refractivity contribution in [1.82, 2.24) is 9.62 Å². The first-order valence-electron chi connectivity index (χ1n) is 6.30. The van der Waals surface area contributed by atoms with Gasteiger partial charge in [-0.3, -0.25) is 0 Å². The molecular formula is C12H21BrN2O2S3. The lowest BCUT2D eigenvalue weighted by Crippen LogP contribution is -2.36. The molecule has 0 aliphatic heterocycles. The van der Waals surface area contributed by atoms with Crippen LogP contribution in [0.5, 0.6) is 0 Å². The minimum absolute atomic E-state index is 0.0287. The molecule has 1 rings (SSSR count). The minimum Gasteiger partial charge on any atom is -0.312 e. The van der Waals surface area contributed by atoms with E-state index >= 15 is 0 Å². The van der Waals surface area contributed by atoms with E-state index in [9.17, 15) is 8.42 Å². The second kappa shape index (κ2) is 8.14. The largest absolute Gasteiger partial charge is 0.312 e. The topological polar surface area (TPSA) is 49.4 Å². The van der Waals surface area contributed by atoms with Crippen molar-refractivity contribution in [3.63, 3.8) is 0 Å². The summed E-state index contributed by atoms with van der Waals surface area (Å²) in [6.07, 6.45) is 1.98. The second-order valence-electron chi connectivity index (χ2n) is 4.46. The van der Waals surface area contributed by atoms with Gasteiger partial charge in [0.05, 0.1) is 3.79 Å². The quantitative estimate of drug-likeness (QED) is 0.728. The van der Waals surface area contributed by atoms with E-state index in [1.807, 2.05) is 20.1 Å². The predicted molar refractivity (Wildman–Crippen MR) is 92.2 cm³/mol. The highest BCUT2D eigenvalue weighted by molar-refractivity contribution is 9.11. The van der Waals surface area contributed by atoms with E-state index in [0.717, 1.165) is 17.2 Å². The lowest BCUT2D eigenvalue weighted by atomic mass is 10.4. The van der Waals surface area contributed by atoms with Gasteiger partial charge >= 0.3 is 0 Å². The highest BCUT2D eigenvalue weighted by atomic mass is 79.9. The number of nitrogens with zero attached hydrogens (tertiary/aromatic N) is 1. The first kappa shape index (κ1) is 18.4. The Morgan fingerprint density at radius 3 is 2.75 bits per heavy atom. The highest BCUT2D eigenvalue weighted by Crippen LogP contribution is 2.33. The molecule has 1 unspecified atom stereocenters. The van der Waals surface area contributed by atoms with Crippen molar-refractivity contribution in [2.24, 2.45) is 0 Å². The molecule has 1 aromatic heterocycles. The van der Waals surface area contributed by atoms with Crippen molar-refractivity contribution in [1.29, 1.82) is 0 Å². The average molecular weight is 401 g/mol. The number of sulfonamides is 1. The van der Waals surface area contributed by atoms with E-state index in [0.29, 0.717) is 15.2 Å². The summed E-state index contributed by atoms with van der Waals surface area (Å²) in [6.45, 7) is 5.51. The molecule has 0 aliphatic carbocycles. The molecule has 0 radical (unpaired) electrons. The van der Waals surface area contributed by atoms with Crippen molar-refractivity contribution < 1.29 is 8.42 Å². The monoisotopic (exact) mass is 400 g/mol. The van der Waals surface area contributed by atoms with Gasteiger partial charge in [-0.15, -0.1) is 11.3 Å². The number of hydrogen-bond donors (Lipinski definition) is 1. The van der Waals surface area contributed by atoms with Crippen LogP contribution in [0.1, 0.15) is 18.7 Å². The molecule has 0 fully saturated rings. The Morgan fingerprint density at radius 2 is 2.20 bits per heavy atom. The van der Waals surface area contributed by atoms with Crippen LogP contribution in [-0.4, -0.2) is 44.4 Å². The maximum atomic E-state index is 12.6.